The molecule has 4 rings (SSSR count). The molecule has 1 aliphatic heterocycles. The molecule has 2 aromatic carbocycles. The maximum absolute atomic E-state index is 12.5. The number of halogens is 3. The van der Waals surface area contributed by atoms with Gasteiger partial charge in [-0.15, -0.1) is 13.2 Å². The van der Waals surface area contributed by atoms with Crippen LogP contribution in [0.25, 0.3) is 0 Å². The van der Waals surface area contributed by atoms with Gasteiger partial charge in [-0.2, -0.15) is 4.98 Å². The molecule has 0 radical (unpaired) electrons. The summed E-state index contributed by atoms with van der Waals surface area (Å²) in [6, 6.07) is 15.4. The minimum absolute atomic E-state index is 0.187. The Bertz CT molecular complexity index is 990. The van der Waals surface area contributed by atoms with Crippen LogP contribution in [0, 0.1) is 0 Å². The van der Waals surface area contributed by atoms with Crippen molar-refractivity contribution in [2.45, 2.75) is 19.5 Å². The molecule has 0 fully saturated rings. The Morgan fingerprint density at radius 2 is 1.83 bits per heavy atom. The summed E-state index contributed by atoms with van der Waals surface area (Å²) in [5.41, 5.74) is 1.86. The van der Waals surface area contributed by atoms with Crippen molar-refractivity contribution in [3.05, 3.63) is 65.9 Å². The highest BCUT2D eigenvalue weighted by Gasteiger charge is 2.31. The zero-order valence-electron chi connectivity index (χ0n) is 15.5. The van der Waals surface area contributed by atoms with Crippen LogP contribution in [-0.2, 0) is 17.9 Å². The Hall–Kier alpha value is -3.20. The number of anilines is 1. The fourth-order valence-corrected chi connectivity index (χ4v) is 3.09. The number of rotatable bonds is 5. The summed E-state index contributed by atoms with van der Waals surface area (Å²) in [5, 5.41) is 0. The van der Waals surface area contributed by atoms with E-state index < -0.39 is 6.36 Å². The lowest BCUT2D eigenvalue weighted by molar-refractivity contribution is -0.274. The summed E-state index contributed by atoms with van der Waals surface area (Å²) in [7, 11) is 1.85. The molecule has 0 spiro atoms. The SMILES string of the molecule is CN1COCc2c1nc(Oc1cccc(OC(F)(F)F)c1)n2Cc1ccccc1. The largest absolute Gasteiger partial charge is 0.573 e. The Kier molecular flexibility index (Phi) is 5.06. The number of hydrogen-bond donors (Lipinski definition) is 0. The van der Waals surface area contributed by atoms with Crippen molar-refractivity contribution in [2.24, 2.45) is 0 Å². The smallest absolute Gasteiger partial charge is 0.425 e. The highest BCUT2D eigenvalue weighted by Crippen LogP contribution is 2.34. The van der Waals surface area contributed by atoms with Gasteiger partial charge < -0.3 is 19.1 Å². The molecule has 1 aromatic heterocycles. The van der Waals surface area contributed by atoms with Crippen molar-refractivity contribution in [1.82, 2.24) is 9.55 Å². The van der Waals surface area contributed by atoms with Crippen molar-refractivity contribution in [2.75, 3.05) is 18.7 Å². The van der Waals surface area contributed by atoms with Gasteiger partial charge in [-0.1, -0.05) is 36.4 Å². The van der Waals surface area contributed by atoms with Gasteiger partial charge in [0, 0.05) is 13.1 Å². The van der Waals surface area contributed by atoms with Crippen LogP contribution >= 0.6 is 0 Å². The molecule has 0 saturated heterocycles. The zero-order chi connectivity index (χ0) is 20.4. The van der Waals surface area contributed by atoms with Crippen LogP contribution in [0.3, 0.4) is 0 Å². The second-order valence-electron chi connectivity index (χ2n) is 6.54. The van der Waals surface area contributed by atoms with Crippen LogP contribution in [0.2, 0.25) is 0 Å². The molecule has 0 N–H and O–H groups in total. The van der Waals surface area contributed by atoms with E-state index in [0.29, 0.717) is 25.7 Å². The Morgan fingerprint density at radius 1 is 1.07 bits per heavy atom. The number of nitrogens with zero attached hydrogens (tertiary/aromatic N) is 3. The third-order valence-electron chi connectivity index (χ3n) is 4.33. The summed E-state index contributed by atoms with van der Waals surface area (Å²) in [6.45, 7) is 1.23. The van der Waals surface area contributed by atoms with Crippen molar-refractivity contribution in [1.29, 1.82) is 0 Å². The fraction of sp³-hybridized carbons (Fsp3) is 0.250. The molecule has 0 aliphatic carbocycles. The topological polar surface area (TPSA) is 48.8 Å². The second kappa shape index (κ2) is 7.67. The predicted octanol–water partition coefficient (Wildman–Crippen LogP) is 4.55. The molecular formula is C20H18F3N3O3. The quantitative estimate of drug-likeness (QED) is 0.624. The third kappa shape index (κ3) is 4.45. The number of ether oxygens (including phenoxy) is 3. The summed E-state index contributed by atoms with van der Waals surface area (Å²) < 4.78 is 54.8. The fourth-order valence-electron chi connectivity index (χ4n) is 3.09. The van der Waals surface area contributed by atoms with Gasteiger partial charge in [0.05, 0.1) is 18.8 Å². The van der Waals surface area contributed by atoms with E-state index in [-0.39, 0.29) is 17.5 Å². The molecule has 1 aliphatic rings. The van der Waals surface area contributed by atoms with Gasteiger partial charge in [-0.3, -0.25) is 4.57 Å². The predicted molar refractivity (Wildman–Crippen MR) is 99.0 cm³/mol. The van der Waals surface area contributed by atoms with E-state index in [4.69, 9.17) is 9.47 Å². The van der Waals surface area contributed by atoms with Crippen LogP contribution < -0.4 is 14.4 Å². The number of imidazole rings is 1. The Balaban J connectivity index is 1.67. The van der Waals surface area contributed by atoms with Gasteiger partial charge in [0.25, 0.3) is 0 Å². The van der Waals surface area contributed by atoms with Crippen molar-refractivity contribution in [3.8, 4) is 17.5 Å². The highest BCUT2D eigenvalue weighted by molar-refractivity contribution is 5.48. The molecule has 152 valence electrons. The van der Waals surface area contributed by atoms with Crippen molar-refractivity contribution < 1.29 is 27.4 Å². The third-order valence-corrected chi connectivity index (χ3v) is 4.33. The van der Waals surface area contributed by atoms with Crippen LogP contribution in [0.1, 0.15) is 11.3 Å². The van der Waals surface area contributed by atoms with Crippen molar-refractivity contribution in [3.63, 3.8) is 0 Å². The first-order valence-electron chi connectivity index (χ1n) is 8.85. The molecule has 6 nitrogen and oxygen atoms in total. The molecule has 0 saturated carbocycles. The summed E-state index contributed by atoms with van der Waals surface area (Å²) in [6.07, 6.45) is -4.77. The summed E-state index contributed by atoms with van der Waals surface area (Å²) in [4.78, 5) is 6.39. The van der Waals surface area contributed by atoms with Crippen LogP contribution in [0.5, 0.6) is 17.5 Å². The molecule has 0 bridgehead atoms. The lowest BCUT2D eigenvalue weighted by Gasteiger charge is -2.24. The van der Waals surface area contributed by atoms with E-state index in [1.807, 2.05) is 46.8 Å². The van der Waals surface area contributed by atoms with Crippen LogP contribution in [0.15, 0.2) is 54.6 Å². The van der Waals surface area contributed by atoms with E-state index in [1.54, 1.807) is 6.07 Å². The first-order chi connectivity index (χ1) is 13.9. The normalized spacial score (nSPS) is 13.9. The standard InChI is InChI=1S/C20H18F3N3O3/c1-25-13-27-12-17-18(25)24-19(26(17)11-14-6-3-2-4-7-14)28-15-8-5-9-16(10-15)29-20(21,22)23/h2-10H,11-13H2,1H3. The molecule has 2 heterocycles. The summed E-state index contributed by atoms with van der Waals surface area (Å²) >= 11 is 0. The minimum Gasteiger partial charge on any atom is -0.425 e. The van der Waals surface area contributed by atoms with Gasteiger partial charge >= 0.3 is 12.4 Å². The maximum Gasteiger partial charge on any atom is 0.573 e. The molecule has 0 unspecified atom stereocenters. The van der Waals surface area contributed by atoms with Crippen LogP contribution in [-0.4, -0.2) is 29.7 Å². The van der Waals surface area contributed by atoms with E-state index >= 15 is 0 Å². The van der Waals surface area contributed by atoms with E-state index in [1.165, 1.54) is 18.2 Å². The van der Waals surface area contributed by atoms with E-state index in [0.717, 1.165) is 11.3 Å². The monoisotopic (exact) mass is 405 g/mol. The number of hydrogen-bond acceptors (Lipinski definition) is 5. The van der Waals surface area contributed by atoms with Gasteiger partial charge in [0.15, 0.2) is 5.82 Å². The zero-order valence-corrected chi connectivity index (χ0v) is 15.5. The van der Waals surface area contributed by atoms with Crippen molar-refractivity contribution >= 4 is 5.82 Å². The molecule has 9 heteroatoms. The molecule has 29 heavy (non-hydrogen) atoms. The molecule has 0 amide bonds. The Labute approximate surface area is 165 Å². The number of alkyl halides is 3. The van der Waals surface area contributed by atoms with Gasteiger partial charge in [0.2, 0.25) is 0 Å². The number of aromatic nitrogens is 2. The lowest BCUT2D eigenvalue weighted by atomic mass is 10.2. The second-order valence-corrected chi connectivity index (χ2v) is 6.54. The van der Waals surface area contributed by atoms with Gasteiger partial charge in [0.1, 0.15) is 18.2 Å². The molecule has 3 aromatic rings. The number of benzene rings is 2. The highest BCUT2D eigenvalue weighted by atomic mass is 19.4. The number of fused-ring (bicyclic) bond motifs is 1. The lowest BCUT2D eigenvalue weighted by Crippen LogP contribution is -2.27. The average molecular weight is 405 g/mol. The summed E-state index contributed by atoms with van der Waals surface area (Å²) in [5.74, 6) is 0.540. The van der Waals surface area contributed by atoms with Gasteiger partial charge in [-0.25, -0.2) is 0 Å². The maximum atomic E-state index is 12.5. The molecule has 0 atom stereocenters. The van der Waals surface area contributed by atoms with Crippen LogP contribution in [0.4, 0.5) is 19.0 Å². The first kappa shape index (κ1) is 19.1. The van der Waals surface area contributed by atoms with E-state index in [2.05, 4.69) is 9.72 Å². The van der Waals surface area contributed by atoms with E-state index in [9.17, 15) is 13.2 Å². The molecular weight excluding hydrogens is 387 g/mol. The van der Waals surface area contributed by atoms with Gasteiger partial charge in [-0.05, 0) is 17.7 Å². The first-order valence-corrected chi connectivity index (χ1v) is 8.85. The Morgan fingerprint density at radius 3 is 2.59 bits per heavy atom. The average Bonchev–Trinajstić information content (AvgIpc) is 3.00. The minimum atomic E-state index is -4.77.